The average Bonchev–Trinajstić information content (AvgIpc) is 3.10. The van der Waals surface area contributed by atoms with Gasteiger partial charge in [-0.15, -0.1) is 0 Å². The minimum Gasteiger partial charge on any atom is -0.363 e. The second-order valence-electron chi connectivity index (χ2n) is 8.38. The lowest BCUT2D eigenvalue weighted by atomic mass is 10.1. The van der Waals surface area contributed by atoms with E-state index in [9.17, 15) is 18.5 Å². The van der Waals surface area contributed by atoms with E-state index in [1.165, 1.54) is 6.07 Å². The maximum atomic E-state index is 12.0. The van der Waals surface area contributed by atoms with Crippen molar-refractivity contribution in [3.63, 3.8) is 0 Å². The first-order chi connectivity index (χ1) is 13.5. The van der Waals surface area contributed by atoms with Gasteiger partial charge in [0.25, 0.3) is 0 Å². The largest absolute Gasteiger partial charge is 0.363 e. The van der Waals surface area contributed by atoms with Gasteiger partial charge in [0.1, 0.15) is 10.6 Å². The first kappa shape index (κ1) is 21.3. The highest BCUT2D eigenvalue weighted by atomic mass is 32.2. The van der Waals surface area contributed by atoms with Crippen molar-refractivity contribution >= 4 is 21.2 Å². The molecule has 10 heteroatoms. The molecule has 2 heterocycles. The lowest BCUT2D eigenvalue weighted by Crippen LogP contribution is -2.46. The summed E-state index contributed by atoms with van der Waals surface area (Å²) in [5.74, 6) is 0. The number of benzene rings is 1. The number of nitro groups is 1. The molecule has 0 bridgehead atoms. The molecule has 0 spiro atoms. The zero-order valence-corrected chi connectivity index (χ0v) is 18.0. The number of sulfone groups is 1. The monoisotopic (exact) mass is 421 g/mol. The molecular weight excluding hydrogens is 394 g/mol. The molecule has 0 N–H and O–H groups in total. The summed E-state index contributed by atoms with van der Waals surface area (Å²) in [7, 11) is -3.69. The minimum absolute atomic E-state index is 0.0689. The van der Waals surface area contributed by atoms with Gasteiger partial charge in [0.2, 0.25) is 0 Å². The van der Waals surface area contributed by atoms with Crippen molar-refractivity contribution < 1.29 is 13.3 Å². The van der Waals surface area contributed by atoms with E-state index in [0.29, 0.717) is 18.8 Å². The number of piperazine rings is 1. The van der Waals surface area contributed by atoms with Crippen molar-refractivity contribution in [2.45, 2.75) is 37.8 Å². The molecule has 1 aliphatic heterocycles. The van der Waals surface area contributed by atoms with Crippen LogP contribution in [0.3, 0.4) is 0 Å². The molecule has 1 aromatic heterocycles. The Morgan fingerprint density at radius 1 is 1.17 bits per heavy atom. The number of hydrogen-bond donors (Lipinski definition) is 0. The van der Waals surface area contributed by atoms with Crippen LogP contribution in [0.5, 0.6) is 0 Å². The van der Waals surface area contributed by atoms with Crippen LogP contribution >= 0.6 is 0 Å². The van der Waals surface area contributed by atoms with Crippen LogP contribution < -0.4 is 4.90 Å². The van der Waals surface area contributed by atoms with Crippen LogP contribution in [0.25, 0.3) is 0 Å². The molecule has 1 saturated heterocycles. The van der Waals surface area contributed by atoms with Gasteiger partial charge in [-0.05, 0) is 32.9 Å². The molecule has 1 fully saturated rings. The summed E-state index contributed by atoms with van der Waals surface area (Å²) in [5, 5.41) is 16.0. The molecule has 2 aromatic rings. The fourth-order valence-corrected chi connectivity index (χ4v) is 4.32. The first-order valence-corrected chi connectivity index (χ1v) is 11.3. The zero-order chi connectivity index (χ0) is 21.4. The Morgan fingerprint density at radius 3 is 2.34 bits per heavy atom. The summed E-state index contributed by atoms with van der Waals surface area (Å²) in [6, 6.07) is 4.47. The number of anilines is 1. The molecule has 0 amide bonds. The smallest absolute Gasteiger partial charge is 0.311 e. The second-order valence-corrected chi connectivity index (χ2v) is 10.4. The van der Waals surface area contributed by atoms with Crippen LogP contribution in [-0.4, -0.2) is 60.5 Å². The fraction of sp³-hybridized carbons (Fsp3) is 0.526. The van der Waals surface area contributed by atoms with Crippen LogP contribution in [0.1, 0.15) is 26.3 Å². The van der Waals surface area contributed by atoms with Gasteiger partial charge >= 0.3 is 5.69 Å². The maximum Gasteiger partial charge on any atom is 0.311 e. The van der Waals surface area contributed by atoms with Gasteiger partial charge in [-0.2, -0.15) is 5.10 Å². The van der Waals surface area contributed by atoms with Crippen molar-refractivity contribution in [3.05, 3.63) is 46.3 Å². The van der Waals surface area contributed by atoms with E-state index < -0.39 is 14.8 Å². The molecule has 1 aromatic carbocycles. The van der Waals surface area contributed by atoms with E-state index in [0.717, 1.165) is 31.5 Å². The molecule has 3 rings (SSSR count). The van der Waals surface area contributed by atoms with Gasteiger partial charge in [-0.25, -0.2) is 8.42 Å². The molecule has 158 valence electrons. The molecular formula is C19H27N5O4S. The van der Waals surface area contributed by atoms with E-state index in [1.807, 2.05) is 22.0 Å². The van der Waals surface area contributed by atoms with Gasteiger partial charge in [-0.3, -0.25) is 19.7 Å². The maximum absolute atomic E-state index is 12.0. The fourth-order valence-electron chi connectivity index (χ4n) is 3.46. The third kappa shape index (κ3) is 4.76. The third-order valence-corrected chi connectivity index (χ3v) is 6.13. The van der Waals surface area contributed by atoms with Gasteiger partial charge in [0.15, 0.2) is 9.84 Å². The van der Waals surface area contributed by atoms with Gasteiger partial charge in [0, 0.05) is 50.7 Å². The molecule has 9 nitrogen and oxygen atoms in total. The molecule has 0 unspecified atom stereocenters. The van der Waals surface area contributed by atoms with Crippen molar-refractivity contribution in [1.82, 2.24) is 14.7 Å². The normalized spacial score (nSPS) is 16.2. The highest BCUT2D eigenvalue weighted by Crippen LogP contribution is 2.35. The van der Waals surface area contributed by atoms with Crippen LogP contribution in [0.4, 0.5) is 11.4 Å². The summed E-state index contributed by atoms with van der Waals surface area (Å²) in [6.45, 7) is 9.67. The van der Waals surface area contributed by atoms with E-state index in [4.69, 9.17) is 0 Å². The van der Waals surface area contributed by atoms with Crippen molar-refractivity contribution in [2.24, 2.45) is 0 Å². The zero-order valence-electron chi connectivity index (χ0n) is 17.2. The third-order valence-electron chi connectivity index (χ3n) is 5.00. The summed E-state index contributed by atoms with van der Waals surface area (Å²) in [6.07, 6.45) is 4.92. The number of aromatic nitrogens is 2. The van der Waals surface area contributed by atoms with Crippen molar-refractivity contribution in [2.75, 3.05) is 37.3 Å². The minimum atomic E-state index is -3.69. The lowest BCUT2D eigenvalue weighted by Gasteiger charge is -2.35. The van der Waals surface area contributed by atoms with Crippen LogP contribution in [0.2, 0.25) is 0 Å². The van der Waals surface area contributed by atoms with E-state index >= 15 is 0 Å². The summed E-state index contributed by atoms with van der Waals surface area (Å²) < 4.78 is 25.9. The van der Waals surface area contributed by atoms with E-state index in [1.54, 1.807) is 12.1 Å². The molecule has 29 heavy (non-hydrogen) atoms. The molecule has 0 atom stereocenters. The molecule has 0 radical (unpaired) electrons. The molecule has 0 aliphatic carbocycles. The van der Waals surface area contributed by atoms with Gasteiger partial charge < -0.3 is 4.90 Å². The highest BCUT2D eigenvalue weighted by molar-refractivity contribution is 7.90. The standard InChI is InChI=1S/C19H27N5O4S/c1-19(2,3)23-14-15(12-20-23)13-21-8-10-22(11-9-21)16-6-5-7-17(29(4,27)28)18(16)24(25)26/h5-7,12,14H,8-11,13H2,1-4H3. The summed E-state index contributed by atoms with van der Waals surface area (Å²) >= 11 is 0. The number of rotatable bonds is 5. The van der Waals surface area contributed by atoms with Gasteiger partial charge in [0.05, 0.1) is 16.7 Å². The SMILES string of the molecule is CC(C)(C)n1cc(CN2CCN(c3cccc(S(C)(=O)=O)c3[N+](=O)[O-])CC2)cn1. The summed E-state index contributed by atoms with van der Waals surface area (Å²) in [4.78, 5) is 14.9. The van der Waals surface area contributed by atoms with Gasteiger partial charge in [-0.1, -0.05) is 6.07 Å². The van der Waals surface area contributed by atoms with Crippen molar-refractivity contribution in [3.8, 4) is 0 Å². The Labute approximate surface area is 171 Å². The van der Waals surface area contributed by atoms with Crippen LogP contribution in [0, 0.1) is 10.1 Å². The number of hydrogen-bond acceptors (Lipinski definition) is 7. The number of nitrogens with zero attached hydrogens (tertiary/aromatic N) is 5. The number of nitro benzene ring substituents is 1. The Hall–Kier alpha value is -2.46. The van der Waals surface area contributed by atoms with E-state index in [2.05, 4.69) is 30.8 Å². The van der Waals surface area contributed by atoms with Crippen LogP contribution in [-0.2, 0) is 21.9 Å². The quantitative estimate of drug-likeness (QED) is 0.539. The van der Waals surface area contributed by atoms with Crippen molar-refractivity contribution in [1.29, 1.82) is 0 Å². The lowest BCUT2D eigenvalue weighted by molar-refractivity contribution is -0.387. The highest BCUT2D eigenvalue weighted by Gasteiger charge is 2.30. The van der Waals surface area contributed by atoms with Crippen LogP contribution in [0.15, 0.2) is 35.5 Å². The Morgan fingerprint density at radius 2 is 1.83 bits per heavy atom. The Bertz CT molecular complexity index is 1000. The molecule has 1 aliphatic rings. The predicted molar refractivity (Wildman–Crippen MR) is 111 cm³/mol. The van der Waals surface area contributed by atoms with E-state index in [-0.39, 0.29) is 16.1 Å². The Balaban J connectivity index is 1.73. The predicted octanol–water partition coefficient (Wildman–Crippen LogP) is 2.27. The second kappa shape index (κ2) is 7.75. The average molecular weight is 422 g/mol. The summed E-state index contributed by atoms with van der Waals surface area (Å²) in [5.41, 5.74) is 1.08. The Kier molecular flexibility index (Phi) is 5.68. The number of para-hydroxylation sites is 1. The topological polar surface area (TPSA) is 102 Å². The first-order valence-electron chi connectivity index (χ1n) is 9.45. The molecule has 0 saturated carbocycles.